The third-order valence-electron chi connectivity index (χ3n) is 4.01. The van der Waals surface area contributed by atoms with E-state index in [0.29, 0.717) is 0 Å². The number of hydrogen-bond donors (Lipinski definition) is 1. The molecule has 0 unspecified atom stereocenters. The van der Waals surface area contributed by atoms with Crippen LogP contribution in [0.3, 0.4) is 0 Å². The Hall–Kier alpha value is -1.00. The maximum atomic E-state index is 12.3. The Morgan fingerprint density at radius 1 is 1.29 bits per heavy atom. The van der Waals surface area contributed by atoms with Gasteiger partial charge >= 0.3 is 0 Å². The van der Waals surface area contributed by atoms with Gasteiger partial charge in [0.25, 0.3) is 5.91 Å². The molecule has 1 saturated heterocycles. The normalized spacial score (nSPS) is 23.0. The summed E-state index contributed by atoms with van der Waals surface area (Å²) in [5.41, 5.74) is 0.783. The van der Waals surface area contributed by atoms with Gasteiger partial charge in [0.05, 0.1) is 5.56 Å². The molecule has 0 saturated carbocycles. The molecule has 1 aliphatic heterocycles. The van der Waals surface area contributed by atoms with Gasteiger partial charge in [0, 0.05) is 31.1 Å². The maximum Gasteiger partial charge on any atom is 0.252 e. The number of likely N-dealkylation sites (tertiary alicyclic amines) is 1. The Morgan fingerprint density at radius 2 is 1.95 bits per heavy atom. The van der Waals surface area contributed by atoms with Crippen molar-refractivity contribution >= 4 is 17.7 Å². The van der Waals surface area contributed by atoms with E-state index in [1.807, 2.05) is 30.5 Å². The Balaban J connectivity index is 1.81. The van der Waals surface area contributed by atoms with Crippen molar-refractivity contribution in [3.63, 3.8) is 0 Å². The highest BCUT2D eigenvalue weighted by Gasteiger charge is 2.21. The molecule has 21 heavy (non-hydrogen) atoms. The smallest absolute Gasteiger partial charge is 0.252 e. The van der Waals surface area contributed by atoms with Crippen molar-refractivity contribution in [1.29, 1.82) is 0 Å². The number of carbonyl (C=O) groups excluding carboxylic acids is 1. The second-order valence-corrected chi connectivity index (χ2v) is 7.01. The number of rotatable bonds is 5. The molecule has 4 heteroatoms. The Kier molecular flexibility index (Phi) is 6.12. The molecule has 1 amide bonds. The van der Waals surface area contributed by atoms with Crippen LogP contribution < -0.4 is 5.32 Å². The highest BCUT2D eigenvalue weighted by Crippen LogP contribution is 2.21. The van der Waals surface area contributed by atoms with Crippen LogP contribution in [0.5, 0.6) is 0 Å². The first-order valence-electron chi connectivity index (χ1n) is 7.73. The topological polar surface area (TPSA) is 32.3 Å². The summed E-state index contributed by atoms with van der Waals surface area (Å²) in [5, 5.41) is 3.06. The minimum Gasteiger partial charge on any atom is -0.351 e. The highest BCUT2D eigenvalue weighted by atomic mass is 32.2. The first-order valence-corrected chi connectivity index (χ1v) is 8.96. The van der Waals surface area contributed by atoms with Crippen molar-refractivity contribution in [1.82, 2.24) is 10.2 Å². The van der Waals surface area contributed by atoms with E-state index in [9.17, 15) is 4.79 Å². The van der Waals surface area contributed by atoms with Crippen molar-refractivity contribution in [3.8, 4) is 0 Å². The van der Waals surface area contributed by atoms with Crippen molar-refractivity contribution in [2.45, 2.75) is 25.2 Å². The molecule has 0 aliphatic carbocycles. The van der Waals surface area contributed by atoms with Crippen molar-refractivity contribution in [3.05, 3.63) is 29.8 Å². The van der Waals surface area contributed by atoms with Gasteiger partial charge in [0.15, 0.2) is 0 Å². The lowest BCUT2D eigenvalue weighted by molar-refractivity contribution is 0.0934. The molecule has 1 aliphatic rings. The van der Waals surface area contributed by atoms with Gasteiger partial charge in [0.1, 0.15) is 0 Å². The van der Waals surface area contributed by atoms with Crippen LogP contribution in [0.2, 0.25) is 0 Å². The summed E-state index contributed by atoms with van der Waals surface area (Å²) >= 11 is 1.61. The lowest BCUT2D eigenvalue weighted by Gasteiger charge is -2.34. The van der Waals surface area contributed by atoms with E-state index in [1.54, 1.807) is 11.8 Å². The molecular weight excluding hydrogens is 280 g/mol. The molecule has 1 heterocycles. The largest absolute Gasteiger partial charge is 0.351 e. The van der Waals surface area contributed by atoms with Crippen LogP contribution in [0.25, 0.3) is 0 Å². The molecule has 0 spiro atoms. The van der Waals surface area contributed by atoms with Crippen molar-refractivity contribution in [2.75, 3.05) is 32.4 Å². The number of amides is 1. The third kappa shape index (κ3) is 4.75. The van der Waals surface area contributed by atoms with Crippen LogP contribution in [-0.4, -0.2) is 43.2 Å². The van der Waals surface area contributed by atoms with Crippen LogP contribution in [0.1, 0.15) is 30.6 Å². The molecule has 1 fully saturated rings. The molecule has 0 aromatic heterocycles. The van der Waals surface area contributed by atoms with Gasteiger partial charge in [-0.15, -0.1) is 11.8 Å². The van der Waals surface area contributed by atoms with Gasteiger partial charge in [-0.05, 0) is 36.6 Å². The summed E-state index contributed by atoms with van der Waals surface area (Å²) in [7, 11) is 0. The Bertz CT molecular complexity index is 468. The zero-order valence-corrected chi connectivity index (χ0v) is 14.1. The lowest BCUT2D eigenvalue weighted by Crippen LogP contribution is -2.42. The molecule has 2 atom stereocenters. The maximum absolute atomic E-state index is 12.3. The van der Waals surface area contributed by atoms with Crippen LogP contribution in [0.4, 0.5) is 0 Å². The van der Waals surface area contributed by atoms with Gasteiger partial charge in [-0.25, -0.2) is 0 Å². The summed E-state index contributed by atoms with van der Waals surface area (Å²) in [6.45, 7) is 8.61. The van der Waals surface area contributed by atoms with E-state index in [1.165, 1.54) is 6.42 Å². The van der Waals surface area contributed by atoms with E-state index in [2.05, 4.69) is 24.1 Å². The van der Waals surface area contributed by atoms with Crippen molar-refractivity contribution in [2.24, 2.45) is 11.8 Å². The predicted molar refractivity (Wildman–Crippen MR) is 89.9 cm³/mol. The number of thioether (sulfide) groups is 1. The molecular formula is C17H26N2OS. The molecule has 0 radical (unpaired) electrons. The predicted octanol–water partition coefficient (Wildman–Crippen LogP) is 3.12. The molecule has 0 bridgehead atoms. The summed E-state index contributed by atoms with van der Waals surface area (Å²) in [6.07, 6.45) is 3.33. The quantitative estimate of drug-likeness (QED) is 0.848. The number of benzene rings is 1. The minimum absolute atomic E-state index is 0.0399. The Labute approximate surface area is 132 Å². The molecule has 1 aromatic rings. The Morgan fingerprint density at radius 3 is 2.62 bits per heavy atom. The van der Waals surface area contributed by atoms with Gasteiger partial charge in [-0.1, -0.05) is 26.0 Å². The summed E-state index contributed by atoms with van der Waals surface area (Å²) < 4.78 is 0. The molecule has 3 nitrogen and oxygen atoms in total. The number of nitrogens with one attached hydrogen (secondary N) is 1. The van der Waals surface area contributed by atoms with Gasteiger partial charge in [-0.3, -0.25) is 4.79 Å². The van der Waals surface area contributed by atoms with Crippen LogP contribution in [-0.2, 0) is 0 Å². The average Bonchev–Trinajstić information content (AvgIpc) is 2.46. The van der Waals surface area contributed by atoms with E-state index < -0.39 is 0 Å². The first kappa shape index (κ1) is 16.4. The number of piperidine rings is 1. The van der Waals surface area contributed by atoms with Crippen molar-refractivity contribution < 1.29 is 4.79 Å². The SMILES string of the molecule is CSc1ccccc1C(=O)NCCN1C[C@@H](C)C[C@H](C)C1. The zero-order chi connectivity index (χ0) is 15.2. The van der Waals surface area contributed by atoms with Crippen LogP contribution >= 0.6 is 11.8 Å². The number of hydrogen-bond acceptors (Lipinski definition) is 3. The van der Waals surface area contributed by atoms with E-state index in [-0.39, 0.29) is 5.91 Å². The molecule has 116 valence electrons. The fourth-order valence-corrected chi connectivity index (χ4v) is 3.82. The fraction of sp³-hybridized carbons (Fsp3) is 0.588. The van der Waals surface area contributed by atoms with E-state index >= 15 is 0 Å². The fourth-order valence-electron chi connectivity index (χ4n) is 3.23. The summed E-state index contributed by atoms with van der Waals surface area (Å²) in [6, 6.07) is 7.78. The van der Waals surface area contributed by atoms with Crippen LogP contribution in [0, 0.1) is 11.8 Å². The van der Waals surface area contributed by atoms with Gasteiger partial charge in [0.2, 0.25) is 0 Å². The van der Waals surface area contributed by atoms with Gasteiger partial charge in [-0.2, -0.15) is 0 Å². The standard InChI is InChI=1S/C17H26N2OS/c1-13-10-14(2)12-19(11-13)9-8-18-17(20)15-6-4-5-7-16(15)21-3/h4-7,13-14H,8-12H2,1-3H3,(H,18,20)/t13-,14-/m0/s1. The average molecular weight is 306 g/mol. The van der Waals surface area contributed by atoms with Crippen LogP contribution in [0.15, 0.2) is 29.2 Å². The summed E-state index contributed by atoms with van der Waals surface area (Å²) in [5.74, 6) is 1.57. The molecule has 1 aromatic carbocycles. The second kappa shape index (κ2) is 7.85. The van der Waals surface area contributed by atoms with Gasteiger partial charge < -0.3 is 10.2 Å². The second-order valence-electron chi connectivity index (χ2n) is 6.16. The lowest BCUT2D eigenvalue weighted by atomic mass is 9.92. The molecule has 1 N–H and O–H groups in total. The molecule has 2 rings (SSSR count). The van der Waals surface area contributed by atoms with E-state index in [4.69, 9.17) is 0 Å². The number of carbonyl (C=O) groups is 1. The number of nitrogens with zero attached hydrogens (tertiary/aromatic N) is 1. The van der Waals surface area contributed by atoms with E-state index in [0.717, 1.165) is 48.5 Å². The highest BCUT2D eigenvalue weighted by molar-refractivity contribution is 7.98. The third-order valence-corrected chi connectivity index (χ3v) is 4.81. The minimum atomic E-state index is 0.0399. The summed E-state index contributed by atoms with van der Waals surface area (Å²) in [4.78, 5) is 15.8. The zero-order valence-electron chi connectivity index (χ0n) is 13.3. The first-order chi connectivity index (χ1) is 10.1. The monoisotopic (exact) mass is 306 g/mol.